The van der Waals surface area contributed by atoms with Crippen LogP contribution in [0.15, 0.2) is 30.3 Å². The molecule has 0 spiro atoms. The second-order valence-electron chi connectivity index (χ2n) is 6.38. The van der Waals surface area contributed by atoms with E-state index in [0.29, 0.717) is 44.6 Å². The number of amides is 1. The van der Waals surface area contributed by atoms with Crippen LogP contribution in [0.5, 0.6) is 0 Å². The molecule has 150 valence electrons. The predicted molar refractivity (Wildman–Crippen MR) is 104 cm³/mol. The van der Waals surface area contributed by atoms with Gasteiger partial charge in [-0.3, -0.25) is 14.5 Å². The number of carbonyl (C=O) groups is 3. The molecule has 0 saturated carbocycles. The van der Waals surface area contributed by atoms with Crippen molar-refractivity contribution in [2.75, 3.05) is 38.8 Å². The van der Waals surface area contributed by atoms with Gasteiger partial charge in [-0.1, -0.05) is 18.2 Å². The lowest BCUT2D eigenvalue weighted by Gasteiger charge is -2.46. The van der Waals surface area contributed by atoms with Gasteiger partial charge in [0.05, 0.1) is 20.6 Å². The van der Waals surface area contributed by atoms with Gasteiger partial charge in [0, 0.05) is 32.2 Å². The molecule has 1 saturated heterocycles. The molecule has 0 N–H and O–H groups in total. The Balaban J connectivity index is 0.00000364. The Morgan fingerprint density at radius 1 is 1.07 bits per heavy atom. The molecule has 1 aromatic carbocycles. The second kappa shape index (κ2) is 10.3. The average molecular weight is 399 g/mol. The van der Waals surface area contributed by atoms with Crippen molar-refractivity contribution in [2.24, 2.45) is 0 Å². The number of carbonyl (C=O) groups excluding carboxylic acids is 3. The van der Waals surface area contributed by atoms with E-state index in [2.05, 4.69) is 9.64 Å². The van der Waals surface area contributed by atoms with Gasteiger partial charge in [-0.05, 0) is 25.0 Å². The number of hydrogen-bond donors (Lipinski definition) is 0. The number of hydrogen-bond acceptors (Lipinski definition) is 6. The summed E-state index contributed by atoms with van der Waals surface area (Å²) in [5, 5.41) is 0. The number of rotatable bonds is 6. The molecule has 0 atom stereocenters. The summed E-state index contributed by atoms with van der Waals surface area (Å²) in [6, 6.07) is 9.16. The van der Waals surface area contributed by atoms with Crippen LogP contribution in [0, 0.1) is 0 Å². The normalized spacial score (nSPS) is 16.0. The summed E-state index contributed by atoms with van der Waals surface area (Å²) in [4.78, 5) is 40.2. The van der Waals surface area contributed by atoms with Crippen molar-refractivity contribution in [1.82, 2.24) is 4.90 Å². The minimum Gasteiger partial charge on any atom is -0.469 e. The first-order chi connectivity index (χ1) is 12.4. The van der Waals surface area contributed by atoms with E-state index in [4.69, 9.17) is 4.74 Å². The maximum atomic E-state index is 12.7. The minimum atomic E-state index is -1.04. The van der Waals surface area contributed by atoms with Gasteiger partial charge in [0.1, 0.15) is 5.54 Å². The summed E-state index contributed by atoms with van der Waals surface area (Å²) >= 11 is 0. The molecule has 7 nitrogen and oxygen atoms in total. The van der Waals surface area contributed by atoms with E-state index in [-0.39, 0.29) is 24.3 Å². The van der Waals surface area contributed by atoms with Crippen molar-refractivity contribution in [2.45, 2.75) is 31.7 Å². The zero-order chi connectivity index (χ0) is 19.2. The fourth-order valence-corrected chi connectivity index (χ4v) is 3.51. The van der Waals surface area contributed by atoms with Crippen molar-refractivity contribution in [1.29, 1.82) is 0 Å². The predicted octanol–water partition coefficient (Wildman–Crippen LogP) is 2.03. The van der Waals surface area contributed by atoms with Gasteiger partial charge >= 0.3 is 11.9 Å². The fraction of sp³-hybridized carbons (Fsp3) is 0.526. The van der Waals surface area contributed by atoms with Crippen LogP contribution in [0.25, 0.3) is 0 Å². The Morgan fingerprint density at radius 3 is 2.15 bits per heavy atom. The van der Waals surface area contributed by atoms with E-state index < -0.39 is 11.5 Å². The van der Waals surface area contributed by atoms with E-state index in [1.54, 1.807) is 4.90 Å². The Labute approximate surface area is 166 Å². The molecule has 0 bridgehead atoms. The fourth-order valence-electron chi connectivity index (χ4n) is 3.51. The molecule has 0 aromatic heterocycles. The Kier molecular flexibility index (Phi) is 8.72. The number of likely N-dealkylation sites (tertiary alicyclic amines) is 1. The zero-order valence-electron chi connectivity index (χ0n) is 16.0. The van der Waals surface area contributed by atoms with Gasteiger partial charge in [0.15, 0.2) is 0 Å². The molecule has 1 aliphatic heterocycles. The molecule has 1 amide bonds. The van der Waals surface area contributed by atoms with Gasteiger partial charge in [-0.15, -0.1) is 12.4 Å². The molecule has 1 heterocycles. The van der Waals surface area contributed by atoms with Crippen LogP contribution >= 0.6 is 12.4 Å². The monoisotopic (exact) mass is 398 g/mol. The van der Waals surface area contributed by atoms with Crippen molar-refractivity contribution >= 4 is 35.9 Å². The topological polar surface area (TPSA) is 76.2 Å². The molecule has 8 heteroatoms. The zero-order valence-corrected chi connectivity index (χ0v) is 16.8. The Morgan fingerprint density at radius 2 is 1.67 bits per heavy atom. The largest absolute Gasteiger partial charge is 0.469 e. The van der Waals surface area contributed by atoms with Gasteiger partial charge in [0.25, 0.3) is 0 Å². The summed E-state index contributed by atoms with van der Waals surface area (Å²) in [7, 11) is 2.71. The van der Waals surface area contributed by atoms with Crippen molar-refractivity contribution in [3.05, 3.63) is 30.3 Å². The van der Waals surface area contributed by atoms with Gasteiger partial charge < -0.3 is 14.4 Å². The number of benzene rings is 1. The van der Waals surface area contributed by atoms with Gasteiger partial charge in [-0.2, -0.15) is 0 Å². The summed E-state index contributed by atoms with van der Waals surface area (Å²) < 4.78 is 9.74. The first-order valence-corrected chi connectivity index (χ1v) is 8.68. The maximum absolute atomic E-state index is 12.7. The molecule has 1 aliphatic rings. The quantitative estimate of drug-likeness (QED) is 0.682. The molecule has 27 heavy (non-hydrogen) atoms. The molecule has 1 fully saturated rings. The van der Waals surface area contributed by atoms with Crippen molar-refractivity contribution in [3.8, 4) is 0 Å². The Bertz CT molecular complexity index is 645. The molecular weight excluding hydrogens is 372 g/mol. The van der Waals surface area contributed by atoms with Crippen LogP contribution in [0.2, 0.25) is 0 Å². The van der Waals surface area contributed by atoms with Gasteiger partial charge in [0.2, 0.25) is 5.91 Å². The first kappa shape index (κ1) is 22.9. The van der Waals surface area contributed by atoms with Crippen molar-refractivity contribution < 1.29 is 23.9 Å². The van der Waals surface area contributed by atoms with Crippen LogP contribution in [0.3, 0.4) is 0 Å². The summed E-state index contributed by atoms with van der Waals surface area (Å²) in [5.41, 5.74) is -0.364. The smallest absolute Gasteiger partial charge is 0.332 e. The average Bonchev–Trinajstić information content (AvgIpc) is 2.67. The molecule has 0 aliphatic carbocycles. The molecule has 0 unspecified atom stereocenters. The highest BCUT2D eigenvalue weighted by Crippen LogP contribution is 2.34. The van der Waals surface area contributed by atoms with E-state index in [1.807, 2.05) is 30.3 Å². The highest BCUT2D eigenvalue weighted by atomic mass is 35.5. The highest BCUT2D eigenvalue weighted by molar-refractivity contribution is 6.01. The third-order valence-corrected chi connectivity index (χ3v) is 4.87. The third-order valence-electron chi connectivity index (χ3n) is 4.87. The summed E-state index contributed by atoms with van der Waals surface area (Å²) in [6.45, 7) is 3.20. The number of piperidine rings is 1. The lowest BCUT2D eigenvalue weighted by atomic mass is 9.84. The van der Waals surface area contributed by atoms with E-state index in [0.717, 1.165) is 0 Å². The van der Waals surface area contributed by atoms with Crippen LogP contribution in [-0.2, 0) is 23.9 Å². The van der Waals surface area contributed by atoms with E-state index >= 15 is 0 Å². The molecule has 1 aromatic rings. The highest BCUT2D eigenvalue weighted by Gasteiger charge is 2.49. The summed E-state index contributed by atoms with van der Waals surface area (Å²) in [5.74, 6) is -0.877. The summed E-state index contributed by atoms with van der Waals surface area (Å²) in [6.07, 6.45) is 1.18. The van der Waals surface area contributed by atoms with Gasteiger partial charge in [-0.25, -0.2) is 4.79 Å². The number of para-hydroxylation sites is 1. The Hall–Kier alpha value is -2.12. The third kappa shape index (κ3) is 5.20. The number of ether oxygens (including phenoxy) is 2. The maximum Gasteiger partial charge on any atom is 0.332 e. The molecule has 2 rings (SSSR count). The molecular formula is C19H27ClN2O5. The van der Waals surface area contributed by atoms with Crippen LogP contribution < -0.4 is 4.90 Å². The molecule has 0 radical (unpaired) electrons. The second-order valence-corrected chi connectivity index (χ2v) is 6.38. The number of halogens is 1. The number of methoxy groups -OCH3 is 2. The number of esters is 2. The van der Waals surface area contributed by atoms with Crippen molar-refractivity contribution in [3.63, 3.8) is 0 Å². The SMILES string of the molecule is COC(=O)CCN1CCC(C(=O)OC)(N(C(C)=O)c2ccccc2)CC1.Cl. The lowest BCUT2D eigenvalue weighted by Crippen LogP contribution is -2.62. The van der Waals surface area contributed by atoms with Crippen LogP contribution in [0.1, 0.15) is 26.2 Å². The van der Waals surface area contributed by atoms with E-state index in [1.165, 1.54) is 21.1 Å². The van der Waals surface area contributed by atoms with Crippen LogP contribution in [0.4, 0.5) is 5.69 Å². The standard InChI is InChI=1S/C19H26N2O5.ClH/c1-15(22)21(16-7-5-4-6-8-16)19(18(24)26-3)10-13-20(14-11-19)12-9-17(23)25-2;/h4-8H,9-14H2,1-3H3;1H. The first-order valence-electron chi connectivity index (χ1n) is 8.68. The van der Waals surface area contributed by atoms with Crippen LogP contribution in [-0.4, -0.2) is 62.1 Å². The minimum absolute atomic E-state index is 0. The van der Waals surface area contributed by atoms with E-state index in [9.17, 15) is 14.4 Å². The number of anilines is 1. The number of nitrogens with zero attached hydrogens (tertiary/aromatic N) is 2. The lowest BCUT2D eigenvalue weighted by molar-refractivity contribution is -0.151.